The molecule has 6 heteroatoms. The van der Waals surface area contributed by atoms with Gasteiger partial charge in [-0.2, -0.15) is 0 Å². The van der Waals surface area contributed by atoms with Gasteiger partial charge in [-0.05, 0) is 42.1 Å². The van der Waals surface area contributed by atoms with Crippen LogP contribution in [0.4, 0.5) is 5.69 Å². The zero-order chi connectivity index (χ0) is 15.2. The van der Waals surface area contributed by atoms with E-state index in [-0.39, 0.29) is 18.9 Å². The molecule has 1 N–H and O–H groups in total. The average molecular weight is 324 g/mol. The van der Waals surface area contributed by atoms with Gasteiger partial charge in [-0.25, -0.2) is 0 Å². The molecule has 0 aliphatic rings. The maximum Gasteiger partial charge on any atom is 0.311 e. The molecule has 0 unspecified atom stereocenters. The number of halogens is 1. The Labute approximate surface area is 131 Å². The van der Waals surface area contributed by atoms with Gasteiger partial charge in [0.1, 0.15) is 0 Å². The van der Waals surface area contributed by atoms with E-state index in [1.807, 2.05) is 24.4 Å². The summed E-state index contributed by atoms with van der Waals surface area (Å²) in [4.78, 5) is 24.2. The van der Waals surface area contributed by atoms with Crippen LogP contribution in [0.5, 0.6) is 0 Å². The molecule has 0 atom stereocenters. The van der Waals surface area contributed by atoms with Gasteiger partial charge in [0.2, 0.25) is 0 Å². The Morgan fingerprint density at radius 1 is 1.33 bits per heavy atom. The van der Waals surface area contributed by atoms with Crippen LogP contribution in [0.3, 0.4) is 0 Å². The summed E-state index contributed by atoms with van der Waals surface area (Å²) in [5.74, 6) is -0.791. The van der Waals surface area contributed by atoms with Crippen LogP contribution in [0.1, 0.15) is 10.4 Å². The molecular weight excluding hydrogens is 310 g/mol. The molecule has 110 valence electrons. The second-order valence-electron chi connectivity index (χ2n) is 4.42. The number of carbonyl (C=O) groups is 2. The van der Waals surface area contributed by atoms with Crippen molar-refractivity contribution in [2.75, 3.05) is 11.9 Å². The number of ether oxygens (including phenoxy) is 1. The molecular formula is C15H14ClNO3S. The lowest BCUT2D eigenvalue weighted by molar-refractivity contribution is -0.146. The fraction of sp³-hybridized carbons (Fsp3) is 0.200. The lowest BCUT2D eigenvalue weighted by Crippen LogP contribution is -2.21. The third kappa shape index (κ3) is 4.88. The van der Waals surface area contributed by atoms with Gasteiger partial charge < -0.3 is 10.1 Å². The minimum absolute atomic E-state index is 0.185. The fourth-order valence-electron chi connectivity index (χ4n) is 1.71. The topological polar surface area (TPSA) is 55.4 Å². The number of aryl methyl sites for hydroxylation is 1. The predicted octanol–water partition coefficient (Wildman–Crippen LogP) is 3.43. The van der Waals surface area contributed by atoms with E-state index in [2.05, 4.69) is 5.32 Å². The number of anilines is 1. The molecule has 1 aromatic heterocycles. The van der Waals surface area contributed by atoms with Crippen LogP contribution in [0, 0.1) is 6.92 Å². The highest BCUT2D eigenvalue weighted by Crippen LogP contribution is 2.19. The number of nitrogens with one attached hydrogen (secondary N) is 1. The van der Waals surface area contributed by atoms with Crippen LogP contribution in [0.15, 0.2) is 35.7 Å². The van der Waals surface area contributed by atoms with E-state index >= 15 is 0 Å². The highest BCUT2D eigenvalue weighted by molar-refractivity contribution is 7.10. The van der Waals surface area contributed by atoms with E-state index < -0.39 is 5.97 Å². The van der Waals surface area contributed by atoms with E-state index in [1.165, 1.54) is 11.3 Å². The Hall–Kier alpha value is -1.85. The Kier molecular flexibility index (Phi) is 5.36. The maximum absolute atomic E-state index is 11.7. The van der Waals surface area contributed by atoms with Crippen molar-refractivity contribution in [2.24, 2.45) is 0 Å². The average Bonchev–Trinajstić information content (AvgIpc) is 2.92. The Bertz CT molecular complexity index is 640. The number of thiophene rings is 1. The van der Waals surface area contributed by atoms with Gasteiger partial charge in [0.25, 0.3) is 5.91 Å². The monoisotopic (exact) mass is 323 g/mol. The summed E-state index contributed by atoms with van der Waals surface area (Å²) in [7, 11) is 0. The molecule has 0 saturated carbocycles. The van der Waals surface area contributed by atoms with Gasteiger partial charge in [-0.3, -0.25) is 9.59 Å². The van der Waals surface area contributed by atoms with Gasteiger partial charge in [0.05, 0.1) is 6.42 Å². The Morgan fingerprint density at radius 3 is 2.81 bits per heavy atom. The van der Waals surface area contributed by atoms with Crippen molar-refractivity contribution in [3.63, 3.8) is 0 Å². The van der Waals surface area contributed by atoms with Crippen molar-refractivity contribution >= 4 is 40.5 Å². The summed E-state index contributed by atoms with van der Waals surface area (Å²) in [6, 6.07) is 8.86. The van der Waals surface area contributed by atoms with Crippen molar-refractivity contribution < 1.29 is 14.3 Å². The summed E-state index contributed by atoms with van der Waals surface area (Å²) in [6.45, 7) is 1.54. The van der Waals surface area contributed by atoms with Gasteiger partial charge in [-0.1, -0.05) is 17.7 Å². The number of rotatable bonds is 5. The first-order chi connectivity index (χ1) is 10.0. The van der Waals surface area contributed by atoms with Crippen LogP contribution >= 0.6 is 22.9 Å². The lowest BCUT2D eigenvalue weighted by atomic mass is 10.2. The third-order valence-corrected chi connectivity index (χ3v) is 3.84. The van der Waals surface area contributed by atoms with Crippen molar-refractivity contribution in [1.82, 2.24) is 0 Å². The molecule has 0 saturated heterocycles. The van der Waals surface area contributed by atoms with E-state index in [4.69, 9.17) is 16.3 Å². The second-order valence-corrected chi connectivity index (χ2v) is 5.89. The summed E-state index contributed by atoms with van der Waals surface area (Å²) < 4.78 is 4.94. The molecule has 0 aliphatic carbocycles. The van der Waals surface area contributed by atoms with Crippen molar-refractivity contribution in [1.29, 1.82) is 0 Å². The minimum Gasteiger partial charge on any atom is -0.455 e. The van der Waals surface area contributed by atoms with Gasteiger partial charge >= 0.3 is 5.97 Å². The smallest absolute Gasteiger partial charge is 0.311 e. The lowest BCUT2D eigenvalue weighted by Gasteiger charge is -2.09. The standard InChI is InChI=1S/C15H14ClNO3S/c1-10-7-11(16)4-5-13(10)17-14(18)9-20-15(19)8-12-3-2-6-21-12/h2-7H,8-9H2,1H3,(H,17,18). The molecule has 2 aromatic rings. The molecule has 1 heterocycles. The highest BCUT2D eigenvalue weighted by Gasteiger charge is 2.10. The fourth-order valence-corrected chi connectivity index (χ4v) is 2.62. The SMILES string of the molecule is Cc1cc(Cl)ccc1NC(=O)COC(=O)Cc1cccs1. The van der Waals surface area contributed by atoms with Crippen LogP contribution < -0.4 is 5.32 Å². The van der Waals surface area contributed by atoms with Crippen LogP contribution in [0.25, 0.3) is 0 Å². The van der Waals surface area contributed by atoms with Crippen LogP contribution in [-0.2, 0) is 20.7 Å². The molecule has 1 amide bonds. The number of esters is 1. The first-order valence-corrected chi connectivity index (χ1v) is 7.54. The van der Waals surface area contributed by atoms with Gasteiger partial charge in [0, 0.05) is 15.6 Å². The van der Waals surface area contributed by atoms with E-state index in [0.29, 0.717) is 10.7 Å². The van der Waals surface area contributed by atoms with E-state index in [1.54, 1.807) is 18.2 Å². The minimum atomic E-state index is -0.416. The predicted molar refractivity (Wildman–Crippen MR) is 83.8 cm³/mol. The summed E-state index contributed by atoms with van der Waals surface area (Å²) in [5.41, 5.74) is 1.50. The molecule has 0 radical (unpaired) electrons. The molecule has 0 spiro atoms. The zero-order valence-corrected chi connectivity index (χ0v) is 13.0. The van der Waals surface area contributed by atoms with Gasteiger partial charge in [0.15, 0.2) is 6.61 Å². The number of amides is 1. The zero-order valence-electron chi connectivity index (χ0n) is 11.4. The largest absolute Gasteiger partial charge is 0.455 e. The van der Waals surface area contributed by atoms with E-state index in [9.17, 15) is 9.59 Å². The molecule has 21 heavy (non-hydrogen) atoms. The number of benzene rings is 1. The number of carbonyl (C=O) groups excluding carboxylic acids is 2. The first-order valence-electron chi connectivity index (χ1n) is 6.28. The molecule has 1 aromatic carbocycles. The maximum atomic E-state index is 11.7. The molecule has 2 rings (SSSR count). The first kappa shape index (κ1) is 15.5. The van der Waals surface area contributed by atoms with E-state index in [0.717, 1.165) is 10.4 Å². The Balaban J connectivity index is 1.80. The number of hydrogen-bond acceptors (Lipinski definition) is 4. The van der Waals surface area contributed by atoms with Crippen molar-refractivity contribution in [3.05, 3.63) is 51.2 Å². The van der Waals surface area contributed by atoms with Crippen molar-refractivity contribution in [3.8, 4) is 0 Å². The van der Waals surface area contributed by atoms with Crippen molar-refractivity contribution in [2.45, 2.75) is 13.3 Å². The quantitative estimate of drug-likeness (QED) is 0.858. The molecule has 0 fully saturated rings. The number of hydrogen-bond donors (Lipinski definition) is 1. The van der Waals surface area contributed by atoms with Crippen LogP contribution in [-0.4, -0.2) is 18.5 Å². The molecule has 4 nitrogen and oxygen atoms in total. The summed E-state index contributed by atoms with van der Waals surface area (Å²) in [5, 5.41) is 5.17. The third-order valence-electron chi connectivity index (χ3n) is 2.73. The second kappa shape index (κ2) is 7.24. The summed E-state index contributed by atoms with van der Waals surface area (Å²) in [6.07, 6.45) is 0.185. The van der Waals surface area contributed by atoms with Gasteiger partial charge in [-0.15, -0.1) is 11.3 Å². The molecule has 0 aliphatic heterocycles. The highest BCUT2D eigenvalue weighted by atomic mass is 35.5. The molecule has 0 bridgehead atoms. The normalized spacial score (nSPS) is 10.2. The summed E-state index contributed by atoms with van der Waals surface area (Å²) >= 11 is 7.32. The van der Waals surface area contributed by atoms with Crippen LogP contribution in [0.2, 0.25) is 5.02 Å². The Morgan fingerprint density at radius 2 is 2.14 bits per heavy atom.